The summed E-state index contributed by atoms with van der Waals surface area (Å²) < 4.78 is 3.44. The second-order valence-corrected chi connectivity index (χ2v) is 6.68. The summed E-state index contributed by atoms with van der Waals surface area (Å²) in [5.74, 6) is -0.0303. The van der Waals surface area contributed by atoms with Gasteiger partial charge in [0.15, 0.2) is 0 Å². The molecule has 4 nitrogen and oxygen atoms in total. The standard InChI is InChI=1S/C16H25N3OS/c1-12-11-15(6-7-16(12)18-13(2)20)21-17-9-8-14-5-4-10-19(14)3/h6-7,11,14,17H,4-5,8-10H2,1-3H3,(H,18,20). The molecule has 0 bridgehead atoms. The van der Waals surface area contributed by atoms with E-state index in [9.17, 15) is 4.79 Å². The number of anilines is 1. The zero-order valence-corrected chi connectivity index (χ0v) is 13.9. The van der Waals surface area contributed by atoms with Gasteiger partial charge in [-0.3, -0.25) is 9.52 Å². The van der Waals surface area contributed by atoms with Gasteiger partial charge in [-0.05, 0) is 75.5 Å². The first kappa shape index (κ1) is 16.3. The number of hydrogen-bond acceptors (Lipinski definition) is 4. The summed E-state index contributed by atoms with van der Waals surface area (Å²) in [6.07, 6.45) is 3.86. The molecule has 1 atom stereocenters. The number of nitrogens with one attached hydrogen (secondary N) is 2. The third-order valence-electron chi connectivity index (χ3n) is 3.95. The molecule has 2 N–H and O–H groups in total. The number of nitrogens with zero attached hydrogens (tertiary/aromatic N) is 1. The molecule has 1 saturated heterocycles. The van der Waals surface area contributed by atoms with E-state index >= 15 is 0 Å². The van der Waals surface area contributed by atoms with Crippen molar-refractivity contribution in [1.29, 1.82) is 0 Å². The fourth-order valence-corrected chi connectivity index (χ4v) is 3.49. The number of hydrogen-bond donors (Lipinski definition) is 2. The quantitative estimate of drug-likeness (QED) is 0.626. The van der Waals surface area contributed by atoms with E-state index in [1.54, 1.807) is 11.9 Å². The van der Waals surface area contributed by atoms with E-state index in [0.717, 1.165) is 23.8 Å². The third kappa shape index (κ3) is 5.02. The van der Waals surface area contributed by atoms with Gasteiger partial charge in [-0.15, -0.1) is 0 Å². The average molecular weight is 307 g/mol. The van der Waals surface area contributed by atoms with Crippen molar-refractivity contribution in [3.8, 4) is 0 Å². The van der Waals surface area contributed by atoms with Gasteiger partial charge in [0.25, 0.3) is 0 Å². The Morgan fingerprint density at radius 3 is 2.90 bits per heavy atom. The topological polar surface area (TPSA) is 44.4 Å². The molecule has 1 amide bonds. The molecule has 0 spiro atoms. The zero-order chi connectivity index (χ0) is 15.2. The summed E-state index contributed by atoms with van der Waals surface area (Å²) in [7, 11) is 2.22. The molecular formula is C16H25N3OS. The lowest BCUT2D eigenvalue weighted by Crippen LogP contribution is -2.27. The Bertz CT molecular complexity index is 492. The highest BCUT2D eigenvalue weighted by molar-refractivity contribution is 7.97. The fourth-order valence-electron chi connectivity index (χ4n) is 2.73. The minimum absolute atomic E-state index is 0.0303. The Balaban J connectivity index is 1.75. The van der Waals surface area contributed by atoms with Gasteiger partial charge in [-0.1, -0.05) is 0 Å². The summed E-state index contributed by atoms with van der Waals surface area (Å²) in [6, 6.07) is 6.84. The minimum Gasteiger partial charge on any atom is -0.326 e. The van der Waals surface area contributed by atoms with Gasteiger partial charge in [0.1, 0.15) is 0 Å². The molecule has 0 aromatic heterocycles. The summed E-state index contributed by atoms with van der Waals surface area (Å²) in [5, 5.41) is 2.84. The second kappa shape index (κ2) is 7.82. The number of carbonyl (C=O) groups is 1. The molecule has 1 fully saturated rings. The van der Waals surface area contributed by atoms with E-state index in [-0.39, 0.29) is 5.91 Å². The van der Waals surface area contributed by atoms with E-state index in [1.807, 2.05) is 19.1 Å². The maximum atomic E-state index is 11.1. The SMILES string of the molecule is CC(=O)Nc1ccc(SNCCC2CCCN2C)cc1C. The van der Waals surface area contributed by atoms with Crippen LogP contribution in [0, 0.1) is 6.92 Å². The van der Waals surface area contributed by atoms with E-state index < -0.39 is 0 Å². The molecular weight excluding hydrogens is 282 g/mol. The van der Waals surface area contributed by atoms with Crippen LogP contribution in [0.5, 0.6) is 0 Å². The van der Waals surface area contributed by atoms with Crippen molar-refractivity contribution in [3.05, 3.63) is 23.8 Å². The maximum Gasteiger partial charge on any atom is 0.221 e. The molecule has 0 aliphatic carbocycles. The van der Waals surface area contributed by atoms with Gasteiger partial charge in [-0.25, -0.2) is 0 Å². The van der Waals surface area contributed by atoms with Crippen LogP contribution in [-0.2, 0) is 4.79 Å². The highest BCUT2D eigenvalue weighted by atomic mass is 32.2. The van der Waals surface area contributed by atoms with Crippen molar-refractivity contribution < 1.29 is 4.79 Å². The molecule has 1 aromatic rings. The number of amides is 1. The first-order valence-electron chi connectivity index (χ1n) is 7.54. The normalized spacial score (nSPS) is 18.9. The Kier molecular flexibility index (Phi) is 6.08. The summed E-state index contributed by atoms with van der Waals surface area (Å²) in [4.78, 5) is 14.7. The van der Waals surface area contributed by atoms with Crippen LogP contribution in [0.1, 0.15) is 31.7 Å². The van der Waals surface area contributed by atoms with Gasteiger partial charge in [0.05, 0.1) is 0 Å². The first-order valence-corrected chi connectivity index (χ1v) is 8.36. The van der Waals surface area contributed by atoms with Crippen LogP contribution >= 0.6 is 11.9 Å². The first-order chi connectivity index (χ1) is 10.1. The maximum absolute atomic E-state index is 11.1. The van der Waals surface area contributed by atoms with Gasteiger partial charge in [0.2, 0.25) is 5.91 Å². The average Bonchev–Trinajstić information content (AvgIpc) is 2.83. The predicted molar refractivity (Wildman–Crippen MR) is 89.6 cm³/mol. The molecule has 21 heavy (non-hydrogen) atoms. The molecule has 1 aliphatic heterocycles. The highest BCUT2D eigenvalue weighted by Gasteiger charge is 2.19. The predicted octanol–water partition coefficient (Wildman–Crippen LogP) is 3.03. The number of benzene rings is 1. The molecule has 1 aliphatic rings. The number of carbonyl (C=O) groups excluding carboxylic acids is 1. The number of rotatable bonds is 6. The van der Waals surface area contributed by atoms with Crippen molar-refractivity contribution in [2.45, 2.75) is 44.0 Å². The van der Waals surface area contributed by atoms with Crippen LogP contribution in [0.4, 0.5) is 5.69 Å². The monoisotopic (exact) mass is 307 g/mol. The van der Waals surface area contributed by atoms with Crippen molar-refractivity contribution in [1.82, 2.24) is 9.62 Å². The lowest BCUT2D eigenvalue weighted by Gasteiger charge is -2.19. The molecule has 1 aromatic carbocycles. The van der Waals surface area contributed by atoms with Crippen LogP contribution in [0.25, 0.3) is 0 Å². The van der Waals surface area contributed by atoms with Crippen LogP contribution in [-0.4, -0.2) is 37.0 Å². The van der Waals surface area contributed by atoms with Crippen molar-refractivity contribution in [3.63, 3.8) is 0 Å². The molecule has 116 valence electrons. The number of likely N-dealkylation sites (tertiary alicyclic amines) is 1. The molecule has 1 heterocycles. The molecule has 1 unspecified atom stereocenters. The second-order valence-electron chi connectivity index (χ2n) is 5.72. The van der Waals surface area contributed by atoms with E-state index in [1.165, 1.54) is 37.6 Å². The summed E-state index contributed by atoms with van der Waals surface area (Å²) in [6.45, 7) is 5.81. The molecule has 0 saturated carbocycles. The van der Waals surface area contributed by atoms with Crippen LogP contribution in [0.15, 0.2) is 23.1 Å². The summed E-state index contributed by atoms with van der Waals surface area (Å²) in [5.41, 5.74) is 1.98. The lowest BCUT2D eigenvalue weighted by molar-refractivity contribution is -0.114. The van der Waals surface area contributed by atoms with Crippen LogP contribution < -0.4 is 10.0 Å². The Morgan fingerprint density at radius 1 is 1.48 bits per heavy atom. The third-order valence-corrected chi connectivity index (χ3v) is 4.79. The molecule has 2 rings (SSSR count). The Labute approximate surface area is 131 Å². The van der Waals surface area contributed by atoms with Crippen molar-refractivity contribution in [2.75, 3.05) is 25.5 Å². The Hall–Kier alpha value is -1.04. The van der Waals surface area contributed by atoms with Crippen molar-refractivity contribution in [2.24, 2.45) is 0 Å². The van der Waals surface area contributed by atoms with Crippen LogP contribution in [0.2, 0.25) is 0 Å². The van der Waals surface area contributed by atoms with Gasteiger partial charge >= 0.3 is 0 Å². The minimum atomic E-state index is -0.0303. The smallest absolute Gasteiger partial charge is 0.221 e. The zero-order valence-electron chi connectivity index (χ0n) is 13.1. The largest absolute Gasteiger partial charge is 0.326 e. The van der Waals surface area contributed by atoms with Gasteiger partial charge in [0, 0.05) is 30.1 Å². The molecule has 0 radical (unpaired) electrons. The van der Waals surface area contributed by atoms with E-state index in [0.29, 0.717) is 0 Å². The number of aryl methyl sites for hydroxylation is 1. The highest BCUT2D eigenvalue weighted by Crippen LogP contribution is 2.23. The van der Waals surface area contributed by atoms with Gasteiger partial charge in [-0.2, -0.15) is 0 Å². The van der Waals surface area contributed by atoms with Gasteiger partial charge < -0.3 is 10.2 Å². The van der Waals surface area contributed by atoms with E-state index in [4.69, 9.17) is 0 Å². The lowest BCUT2D eigenvalue weighted by atomic mass is 10.1. The van der Waals surface area contributed by atoms with Crippen LogP contribution in [0.3, 0.4) is 0 Å². The Morgan fingerprint density at radius 2 is 2.29 bits per heavy atom. The molecule has 5 heteroatoms. The van der Waals surface area contributed by atoms with Crippen molar-refractivity contribution >= 4 is 23.5 Å². The summed E-state index contributed by atoms with van der Waals surface area (Å²) >= 11 is 1.67. The van der Waals surface area contributed by atoms with E-state index in [2.05, 4.69) is 28.1 Å². The fraction of sp³-hybridized carbons (Fsp3) is 0.562.